The third-order valence-electron chi connectivity index (χ3n) is 5.75. The monoisotopic (exact) mass is 496 g/mol. The summed E-state index contributed by atoms with van der Waals surface area (Å²) < 4.78 is 26.2. The van der Waals surface area contributed by atoms with Gasteiger partial charge in [-0.2, -0.15) is 0 Å². The fourth-order valence-electron chi connectivity index (χ4n) is 3.54. The minimum absolute atomic E-state index is 0.0783. The maximum Gasteiger partial charge on any atom is 0.320 e. The summed E-state index contributed by atoms with van der Waals surface area (Å²) in [5.74, 6) is 0.113. The summed E-state index contributed by atoms with van der Waals surface area (Å²) in [5, 5.41) is 0. The molecule has 7 heteroatoms. The van der Waals surface area contributed by atoms with Crippen LogP contribution in [0.3, 0.4) is 0 Å². The van der Waals surface area contributed by atoms with E-state index in [4.69, 9.17) is 23.7 Å². The Bertz CT molecular complexity index is 964. The lowest BCUT2D eigenvalue weighted by Gasteiger charge is -2.15. The quantitative estimate of drug-likeness (QED) is 0.107. The van der Waals surface area contributed by atoms with Gasteiger partial charge >= 0.3 is 11.9 Å². The molecule has 0 fully saturated rings. The predicted molar refractivity (Wildman–Crippen MR) is 138 cm³/mol. The van der Waals surface area contributed by atoms with E-state index in [1.54, 1.807) is 7.11 Å². The van der Waals surface area contributed by atoms with Crippen LogP contribution >= 0.6 is 0 Å². The molecule has 2 aromatic carbocycles. The Kier molecular flexibility index (Phi) is 12.1. The van der Waals surface area contributed by atoms with Gasteiger partial charge in [-0.3, -0.25) is 9.59 Å². The third-order valence-corrected chi connectivity index (χ3v) is 5.75. The summed E-state index contributed by atoms with van der Waals surface area (Å²) in [5.41, 5.74) is 1.97. The van der Waals surface area contributed by atoms with Crippen molar-refractivity contribution in [2.75, 3.05) is 34.5 Å². The third kappa shape index (κ3) is 9.13. The van der Waals surface area contributed by atoms with Gasteiger partial charge in [0.25, 0.3) is 0 Å². The summed E-state index contributed by atoms with van der Waals surface area (Å²) in [7, 11) is 4.12. The van der Waals surface area contributed by atoms with Crippen LogP contribution < -0.4 is 9.47 Å². The lowest BCUT2D eigenvalue weighted by Crippen LogP contribution is -2.28. The van der Waals surface area contributed by atoms with Gasteiger partial charge in [0.1, 0.15) is 11.5 Å². The van der Waals surface area contributed by atoms with Crippen molar-refractivity contribution in [3.8, 4) is 11.5 Å². The molecule has 2 rings (SSSR count). The molecular weight excluding hydrogens is 460 g/mol. The number of methoxy groups -OCH3 is 3. The van der Waals surface area contributed by atoms with E-state index in [1.165, 1.54) is 14.2 Å². The van der Waals surface area contributed by atoms with Crippen molar-refractivity contribution in [3.63, 3.8) is 0 Å². The van der Waals surface area contributed by atoms with Crippen molar-refractivity contribution in [1.29, 1.82) is 0 Å². The molecule has 0 aliphatic heterocycles. The Morgan fingerprint density at radius 3 is 1.58 bits per heavy atom. The number of benzene rings is 2. The van der Waals surface area contributed by atoms with Crippen molar-refractivity contribution in [1.82, 2.24) is 0 Å². The Balaban J connectivity index is 1.69. The molecule has 7 nitrogen and oxygen atoms in total. The number of hydrogen-bond donors (Lipinski definition) is 0. The average Bonchev–Trinajstić information content (AvgIpc) is 2.92. The fourth-order valence-corrected chi connectivity index (χ4v) is 3.54. The van der Waals surface area contributed by atoms with Crippen LogP contribution in [0.2, 0.25) is 0 Å². The molecule has 0 heterocycles. The average molecular weight is 497 g/mol. The molecule has 0 aliphatic carbocycles. The Morgan fingerprint density at radius 2 is 1.19 bits per heavy atom. The van der Waals surface area contributed by atoms with E-state index in [0.717, 1.165) is 41.9 Å². The fraction of sp³-hybridized carbons (Fsp3) is 0.379. The van der Waals surface area contributed by atoms with E-state index < -0.39 is 17.9 Å². The molecular formula is C29H36O7. The number of esters is 2. The highest BCUT2D eigenvalue weighted by molar-refractivity contribution is 5.95. The van der Waals surface area contributed by atoms with Gasteiger partial charge in [0.2, 0.25) is 0 Å². The first-order valence-corrected chi connectivity index (χ1v) is 11.9. The predicted octanol–water partition coefficient (Wildman–Crippen LogP) is 4.93. The number of carbonyl (C=O) groups excluding carboxylic acids is 2. The van der Waals surface area contributed by atoms with Gasteiger partial charge in [-0.05, 0) is 61.1 Å². The van der Waals surface area contributed by atoms with Crippen molar-refractivity contribution in [2.45, 2.75) is 25.7 Å². The van der Waals surface area contributed by atoms with E-state index in [9.17, 15) is 9.59 Å². The molecule has 0 aliphatic rings. The molecule has 0 saturated carbocycles. The van der Waals surface area contributed by atoms with Crippen molar-refractivity contribution < 1.29 is 33.3 Å². The van der Waals surface area contributed by atoms with Gasteiger partial charge in [-0.15, -0.1) is 6.58 Å². The second-order valence-electron chi connectivity index (χ2n) is 8.21. The number of unbranched alkanes of at least 4 members (excludes halogenated alkanes) is 1. The van der Waals surface area contributed by atoms with Crippen LogP contribution in [0, 0.1) is 11.8 Å². The number of ether oxygens (including phenoxy) is 5. The molecule has 1 atom stereocenters. The Hall–Kier alpha value is -3.74. The minimum Gasteiger partial charge on any atom is -0.501 e. The van der Waals surface area contributed by atoms with E-state index >= 15 is 0 Å². The number of carbonyl (C=O) groups is 2. The molecule has 1 unspecified atom stereocenters. The Morgan fingerprint density at radius 1 is 0.750 bits per heavy atom. The van der Waals surface area contributed by atoms with Gasteiger partial charge in [0.15, 0.2) is 5.92 Å². The first kappa shape index (κ1) is 28.5. The summed E-state index contributed by atoms with van der Waals surface area (Å²) in [6, 6.07) is 15.3. The molecule has 0 bridgehead atoms. The SMILES string of the molecule is C=CC(Cc1ccc(OCCCCOc2ccc(CC(C(=O)OC)C(=O)OC)cc2)cc1)C(=C)OC. The van der Waals surface area contributed by atoms with Gasteiger partial charge in [-0.1, -0.05) is 36.9 Å². The van der Waals surface area contributed by atoms with Crippen LogP contribution in [0.1, 0.15) is 24.0 Å². The van der Waals surface area contributed by atoms with Crippen LogP contribution in [0.25, 0.3) is 0 Å². The first-order valence-electron chi connectivity index (χ1n) is 11.9. The lowest BCUT2D eigenvalue weighted by atomic mass is 9.98. The second-order valence-corrected chi connectivity index (χ2v) is 8.21. The normalized spacial score (nSPS) is 11.3. The summed E-state index contributed by atoms with van der Waals surface area (Å²) >= 11 is 0. The molecule has 0 amide bonds. The van der Waals surface area contributed by atoms with Gasteiger partial charge in [0.05, 0.1) is 40.3 Å². The van der Waals surface area contributed by atoms with Crippen molar-refractivity contribution >= 4 is 11.9 Å². The second kappa shape index (κ2) is 15.3. The summed E-state index contributed by atoms with van der Waals surface area (Å²) in [6.45, 7) is 8.92. The van der Waals surface area contributed by atoms with Crippen LogP contribution in [-0.2, 0) is 36.6 Å². The summed E-state index contributed by atoms with van der Waals surface area (Å²) in [4.78, 5) is 23.7. The number of rotatable bonds is 16. The topological polar surface area (TPSA) is 80.3 Å². The molecule has 194 valence electrons. The maximum atomic E-state index is 11.8. The van der Waals surface area contributed by atoms with Gasteiger partial charge < -0.3 is 23.7 Å². The molecule has 36 heavy (non-hydrogen) atoms. The molecule has 2 aromatic rings. The minimum atomic E-state index is -0.984. The van der Waals surface area contributed by atoms with Crippen molar-refractivity contribution in [2.24, 2.45) is 11.8 Å². The number of hydrogen-bond acceptors (Lipinski definition) is 7. The van der Waals surface area contributed by atoms with E-state index in [1.807, 2.05) is 54.6 Å². The maximum absolute atomic E-state index is 11.8. The van der Waals surface area contributed by atoms with Crippen LogP contribution in [0.5, 0.6) is 11.5 Å². The van der Waals surface area contributed by atoms with Crippen LogP contribution in [-0.4, -0.2) is 46.5 Å². The standard InChI is InChI=1S/C29H36O7/c1-6-24(21(2)32-3)19-22-9-13-25(14-10-22)35-17-7-8-18-36-26-15-11-23(12-16-26)20-27(28(30)33-4)29(31)34-5/h6,9-16,24,27H,1-2,7-8,17-20H2,3-5H3. The van der Waals surface area contributed by atoms with Crippen LogP contribution in [0.15, 0.2) is 73.5 Å². The van der Waals surface area contributed by atoms with Crippen LogP contribution in [0.4, 0.5) is 0 Å². The van der Waals surface area contributed by atoms with E-state index in [0.29, 0.717) is 19.0 Å². The Labute approximate surface area is 213 Å². The summed E-state index contributed by atoms with van der Waals surface area (Å²) in [6.07, 6.45) is 4.53. The highest BCUT2D eigenvalue weighted by atomic mass is 16.5. The van der Waals surface area contributed by atoms with E-state index in [-0.39, 0.29) is 12.3 Å². The number of allylic oxidation sites excluding steroid dienone is 1. The largest absolute Gasteiger partial charge is 0.501 e. The molecule has 0 N–H and O–H groups in total. The smallest absolute Gasteiger partial charge is 0.320 e. The highest BCUT2D eigenvalue weighted by Crippen LogP contribution is 2.21. The first-order chi connectivity index (χ1) is 17.4. The molecule has 0 radical (unpaired) electrons. The zero-order valence-corrected chi connectivity index (χ0v) is 21.4. The van der Waals surface area contributed by atoms with Gasteiger partial charge in [-0.25, -0.2) is 0 Å². The zero-order valence-electron chi connectivity index (χ0n) is 21.4. The molecule has 0 spiro atoms. The molecule has 0 saturated heterocycles. The zero-order chi connectivity index (χ0) is 26.3. The molecule has 0 aromatic heterocycles. The van der Waals surface area contributed by atoms with E-state index in [2.05, 4.69) is 13.2 Å². The van der Waals surface area contributed by atoms with Crippen molar-refractivity contribution in [3.05, 3.63) is 84.7 Å². The lowest BCUT2D eigenvalue weighted by molar-refractivity contribution is -0.158. The van der Waals surface area contributed by atoms with Gasteiger partial charge in [0, 0.05) is 5.92 Å². The highest BCUT2D eigenvalue weighted by Gasteiger charge is 2.28.